The third-order valence-electron chi connectivity index (χ3n) is 2.48. The zero-order valence-electron chi connectivity index (χ0n) is 15.4. The maximum Gasteiger partial charge on any atom is 0.336 e. The Hall–Kier alpha value is -1.54. The molecule has 13 heteroatoms. The van der Waals surface area contributed by atoms with Gasteiger partial charge in [0.2, 0.25) is 0 Å². The highest BCUT2D eigenvalue weighted by Crippen LogP contribution is 2.15. The highest BCUT2D eigenvalue weighted by molar-refractivity contribution is 5.88. The van der Waals surface area contributed by atoms with Crippen molar-refractivity contribution in [1.29, 1.82) is 0 Å². The van der Waals surface area contributed by atoms with Crippen LogP contribution >= 0.6 is 0 Å². The van der Waals surface area contributed by atoms with Crippen molar-refractivity contribution in [2.24, 2.45) is 0 Å². The lowest BCUT2D eigenvalue weighted by Crippen LogP contribution is -3.00. The molecule has 0 bridgehead atoms. The SMILES string of the molecule is C[N+](C)(C)CCO.O=C(O)CC(O)(CC(=O)O)C(=O)O.OCC(O)CO.[Cl-]. The van der Waals surface area contributed by atoms with Gasteiger partial charge in [-0.3, -0.25) is 9.59 Å². The standard InChI is InChI=1S/C6H8O7.C5H14NO.C3H8O3.ClH/c7-3(8)1-6(13,5(11)12)2-4(9)10;1-6(2,3)4-5-7;4-1-3(6)2-5;/h13H,1-2H2,(H,7,8)(H,9,10)(H,11,12);7H,4-5H2,1-3H3;3-6H,1-2H2;1H/q;+1;;/p-1. The van der Waals surface area contributed by atoms with E-state index in [2.05, 4.69) is 21.1 Å². The molecule has 0 aliphatic rings. The van der Waals surface area contributed by atoms with Crippen molar-refractivity contribution >= 4 is 17.9 Å². The molecule has 164 valence electrons. The molecule has 0 atom stereocenters. The van der Waals surface area contributed by atoms with E-state index in [9.17, 15) is 14.4 Å². The summed E-state index contributed by atoms with van der Waals surface area (Å²) >= 11 is 0. The van der Waals surface area contributed by atoms with Crippen LogP contribution in [0.15, 0.2) is 0 Å². The molecule has 0 aliphatic carbocycles. The lowest BCUT2D eigenvalue weighted by Gasteiger charge is -2.21. The van der Waals surface area contributed by atoms with Gasteiger partial charge in [0.25, 0.3) is 0 Å². The van der Waals surface area contributed by atoms with Crippen molar-refractivity contribution in [2.45, 2.75) is 24.5 Å². The molecule has 12 nitrogen and oxygen atoms in total. The molecule has 0 unspecified atom stereocenters. The molecule has 0 fully saturated rings. The van der Waals surface area contributed by atoms with Crippen LogP contribution in [0.1, 0.15) is 12.8 Å². The Morgan fingerprint density at radius 1 is 0.889 bits per heavy atom. The number of hydrogen-bond donors (Lipinski definition) is 8. The molecule has 0 aromatic heterocycles. The van der Waals surface area contributed by atoms with Crippen LogP contribution < -0.4 is 12.4 Å². The first-order valence-corrected chi connectivity index (χ1v) is 7.35. The smallest absolute Gasteiger partial charge is 0.336 e. The molecule has 0 rings (SSSR count). The molecule has 0 aliphatic heterocycles. The second-order valence-corrected chi connectivity index (χ2v) is 6.23. The summed E-state index contributed by atoms with van der Waals surface area (Å²) in [6.45, 7) is 0.385. The zero-order chi connectivity index (χ0) is 21.6. The van der Waals surface area contributed by atoms with E-state index >= 15 is 0 Å². The topological polar surface area (TPSA) is 213 Å². The van der Waals surface area contributed by atoms with E-state index < -0.39 is 42.5 Å². The summed E-state index contributed by atoms with van der Waals surface area (Å²) in [7, 11) is 6.16. The van der Waals surface area contributed by atoms with Crippen LogP contribution in [0.3, 0.4) is 0 Å². The molecule has 0 aromatic rings. The normalized spacial score (nSPS) is 10.6. The van der Waals surface area contributed by atoms with Gasteiger partial charge in [-0.05, 0) is 0 Å². The van der Waals surface area contributed by atoms with Gasteiger partial charge in [-0.1, -0.05) is 0 Å². The number of aliphatic hydroxyl groups is 5. The van der Waals surface area contributed by atoms with Crippen molar-refractivity contribution in [2.75, 3.05) is 47.5 Å². The molecule has 27 heavy (non-hydrogen) atoms. The van der Waals surface area contributed by atoms with Crippen LogP contribution in [0.5, 0.6) is 0 Å². The van der Waals surface area contributed by atoms with Gasteiger partial charge in [0, 0.05) is 0 Å². The van der Waals surface area contributed by atoms with Crippen LogP contribution in [-0.2, 0) is 14.4 Å². The van der Waals surface area contributed by atoms with E-state index in [-0.39, 0.29) is 32.2 Å². The minimum Gasteiger partial charge on any atom is -1.00 e. The average molecular weight is 424 g/mol. The Kier molecular flexibility index (Phi) is 20.4. The van der Waals surface area contributed by atoms with Gasteiger partial charge in [-0.2, -0.15) is 0 Å². The molecular weight excluding hydrogens is 394 g/mol. The quantitative estimate of drug-likeness (QED) is 0.163. The summed E-state index contributed by atoms with van der Waals surface area (Å²) in [5, 5.41) is 66.2. The van der Waals surface area contributed by atoms with Crippen molar-refractivity contribution in [1.82, 2.24) is 0 Å². The van der Waals surface area contributed by atoms with Crippen LogP contribution in [0.2, 0.25) is 0 Å². The van der Waals surface area contributed by atoms with Crippen LogP contribution in [0, 0.1) is 0 Å². The van der Waals surface area contributed by atoms with Gasteiger partial charge >= 0.3 is 17.9 Å². The Labute approximate surface area is 162 Å². The Morgan fingerprint density at radius 2 is 1.22 bits per heavy atom. The van der Waals surface area contributed by atoms with Gasteiger partial charge in [-0.15, -0.1) is 0 Å². The number of likely N-dealkylation sites (N-methyl/N-ethyl adjacent to an activating group) is 1. The minimum absolute atomic E-state index is 0. The van der Waals surface area contributed by atoms with E-state index in [1.165, 1.54) is 0 Å². The lowest BCUT2D eigenvalue weighted by atomic mass is 9.96. The third-order valence-corrected chi connectivity index (χ3v) is 2.48. The number of nitrogens with zero attached hydrogens (tertiary/aromatic N) is 1. The summed E-state index contributed by atoms with van der Waals surface area (Å²) in [6, 6.07) is 0. The number of aliphatic hydroxyl groups excluding tert-OH is 4. The van der Waals surface area contributed by atoms with Crippen molar-refractivity contribution in [3.63, 3.8) is 0 Å². The molecular formula is C14H30ClNO11. The predicted octanol–water partition coefficient (Wildman–Crippen LogP) is -6.23. The highest BCUT2D eigenvalue weighted by atomic mass is 35.5. The highest BCUT2D eigenvalue weighted by Gasteiger charge is 2.40. The van der Waals surface area contributed by atoms with Gasteiger partial charge in [0.05, 0.1) is 53.8 Å². The number of halogens is 1. The van der Waals surface area contributed by atoms with Gasteiger partial charge in [0.15, 0.2) is 5.60 Å². The van der Waals surface area contributed by atoms with Gasteiger partial charge in [-0.25, -0.2) is 4.79 Å². The summed E-state index contributed by atoms with van der Waals surface area (Å²) in [6.07, 6.45) is -3.24. The van der Waals surface area contributed by atoms with Crippen LogP contribution in [-0.4, -0.2) is 122 Å². The molecule has 0 saturated heterocycles. The molecule has 0 aromatic carbocycles. The molecule has 0 saturated carbocycles. The van der Waals surface area contributed by atoms with E-state index in [4.69, 9.17) is 40.9 Å². The second-order valence-electron chi connectivity index (χ2n) is 6.23. The fraction of sp³-hybridized carbons (Fsp3) is 0.786. The van der Waals surface area contributed by atoms with Crippen LogP contribution in [0.4, 0.5) is 0 Å². The lowest BCUT2D eigenvalue weighted by molar-refractivity contribution is -0.870. The summed E-state index contributed by atoms with van der Waals surface area (Å²) in [4.78, 5) is 30.5. The number of aliphatic carboxylic acids is 3. The number of quaternary nitrogens is 1. The van der Waals surface area contributed by atoms with Crippen molar-refractivity contribution in [3.8, 4) is 0 Å². The third kappa shape index (κ3) is 24.5. The summed E-state index contributed by atoms with van der Waals surface area (Å²) in [5.74, 6) is -5.02. The Balaban J connectivity index is -0.000000160. The first-order chi connectivity index (χ1) is 11.6. The van der Waals surface area contributed by atoms with E-state index in [0.29, 0.717) is 0 Å². The monoisotopic (exact) mass is 423 g/mol. The molecule has 0 amide bonds. The average Bonchev–Trinajstić information content (AvgIpc) is 2.44. The van der Waals surface area contributed by atoms with E-state index in [1.54, 1.807) is 0 Å². The Morgan fingerprint density at radius 3 is 1.30 bits per heavy atom. The van der Waals surface area contributed by atoms with E-state index in [0.717, 1.165) is 11.0 Å². The van der Waals surface area contributed by atoms with Crippen molar-refractivity contribution in [3.05, 3.63) is 0 Å². The number of hydrogen-bond acceptors (Lipinski definition) is 8. The maximum absolute atomic E-state index is 10.3. The molecule has 0 spiro atoms. The first kappa shape index (κ1) is 33.1. The Bertz CT molecular complexity index is 406. The predicted molar refractivity (Wildman–Crippen MR) is 87.3 cm³/mol. The van der Waals surface area contributed by atoms with Gasteiger partial charge in [0.1, 0.15) is 12.6 Å². The minimum atomic E-state index is -2.74. The number of carbonyl (C=O) groups is 3. The van der Waals surface area contributed by atoms with E-state index in [1.807, 2.05) is 0 Å². The molecule has 0 heterocycles. The maximum atomic E-state index is 10.3. The fourth-order valence-electron chi connectivity index (χ4n) is 1.07. The fourth-order valence-corrected chi connectivity index (χ4v) is 1.07. The van der Waals surface area contributed by atoms with Crippen LogP contribution in [0.25, 0.3) is 0 Å². The zero-order valence-corrected chi connectivity index (χ0v) is 16.2. The summed E-state index contributed by atoms with van der Waals surface area (Å²) < 4.78 is 0.844. The first-order valence-electron chi connectivity index (χ1n) is 7.35. The largest absolute Gasteiger partial charge is 1.00 e. The van der Waals surface area contributed by atoms with Crippen molar-refractivity contribution < 1.29 is 72.1 Å². The number of carboxylic acid groups (broad SMARTS) is 3. The summed E-state index contributed by atoms with van der Waals surface area (Å²) in [5.41, 5.74) is -2.74. The second kappa shape index (κ2) is 16.6. The number of carboxylic acids is 3. The molecule has 8 N–H and O–H groups in total. The van der Waals surface area contributed by atoms with Gasteiger partial charge < -0.3 is 57.7 Å². The molecule has 0 radical (unpaired) electrons. The number of rotatable bonds is 9.